The molecular weight excluding hydrogens is 262 g/mol. The van der Waals surface area contributed by atoms with Crippen LogP contribution in [0.1, 0.15) is 23.3 Å². The molecule has 18 heavy (non-hydrogen) atoms. The second kappa shape index (κ2) is 7.04. The molecule has 1 aliphatic heterocycles. The molecule has 1 aromatic heterocycles. The van der Waals surface area contributed by atoms with Crippen molar-refractivity contribution in [2.24, 2.45) is 4.99 Å². The Balaban J connectivity index is 1.74. The Morgan fingerprint density at radius 3 is 3.00 bits per heavy atom. The van der Waals surface area contributed by atoms with E-state index in [9.17, 15) is 0 Å². The van der Waals surface area contributed by atoms with Gasteiger partial charge in [-0.05, 0) is 42.5 Å². The summed E-state index contributed by atoms with van der Waals surface area (Å²) in [6, 6.07) is 2.16. The molecule has 1 atom stereocenters. The van der Waals surface area contributed by atoms with Crippen LogP contribution in [0.4, 0.5) is 0 Å². The highest BCUT2D eigenvalue weighted by atomic mass is 32.2. The second-order valence-electron chi connectivity index (χ2n) is 4.47. The van der Waals surface area contributed by atoms with Gasteiger partial charge in [-0.1, -0.05) is 0 Å². The third-order valence-electron chi connectivity index (χ3n) is 3.13. The Bertz CT molecular complexity index is 395. The summed E-state index contributed by atoms with van der Waals surface area (Å²) in [7, 11) is 1.83. The van der Waals surface area contributed by atoms with Gasteiger partial charge in [0.25, 0.3) is 0 Å². The van der Waals surface area contributed by atoms with E-state index in [1.54, 1.807) is 11.3 Å². The second-order valence-corrected chi connectivity index (χ2v) is 6.88. The Morgan fingerprint density at radius 2 is 2.39 bits per heavy atom. The highest BCUT2D eigenvalue weighted by Crippen LogP contribution is 2.25. The predicted molar refractivity (Wildman–Crippen MR) is 82.7 cm³/mol. The molecule has 100 valence electrons. The van der Waals surface area contributed by atoms with Crippen LogP contribution < -0.4 is 10.6 Å². The number of thiophene rings is 1. The first-order valence-electron chi connectivity index (χ1n) is 6.38. The van der Waals surface area contributed by atoms with Crippen LogP contribution in [0.5, 0.6) is 0 Å². The Labute approximate surface area is 117 Å². The van der Waals surface area contributed by atoms with Crippen molar-refractivity contribution in [1.82, 2.24) is 10.6 Å². The van der Waals surface area contributed by atoms with Crippen LogP contribution in [0.2, 0.25) is 0 Å². The number of hydrogen-bond donors (Lipinski definition) is 2. The standard InChI is InChI=1S/C13H21N3S2/c1-10-5-7-18-12(10)9-16-13(14-2)15-8-11-4-3-6-17-11/h5,7,11H,3-4,6,8-9H2,1-2H3,(H2,14,15,16). The summed E-state index contributed by atoms with van der Waals surface area (Å²) in [5, 5.41) is 9.69. The average molecular weight is 283 g/mol. The largest absolute Gasteiger partial charge is 0.355 e. The number of guanidine groups is 1. The van der Waals surface area contributed by atoms with Crippen LogP contribution in [0.15, 0.2) is 16.4 Å². The van der Waals surface area contributed by atoms with Crippen molar-refractivity contribution in [3.8, 4) is 0 Å². The van der Waals surface area contributed by atoms with Gasteiger partial charge in [-0.25, -0.2) is 0 Å². The van der Waals surface area contributed by atoms with Crippen LogP contribution in [0.25, 0.3) is 0 Å². The first kappa shape index (κ1) is 13.7. The molecule has 2 rings (SSSR count). The Hall–Kier alpha value is -0.680. The minimum Gasteiger partial charge on any atom is -0.355 e. The zero-order chi connectivity index (χ0) is 12.8. The van der Waals surface area contributed by atoms with E-state index in [4.69, 9.17) is 0 Å². The summed E-state index contributed by atoms with van der Waals surface area (Å²) in [5.74, 6) is 2.22. The van der Waals surface area contributed by atoms with Crippen molar-refractivity contribution in [1.29, 1.82) is 0 Å². The first-order chi connectivity index (χ1) is 8.79. The number of aliphatic imine (C=N–C) groups is 1. The Kier molecular flexibility index (Phi) is 5.38. The monoisotopic (exact) mass is 283 g/mol. The molecule has 1 saturated heterocycles. The van der Waals surface area contributed by atoms with Gasteiger partial charge in [0, 0.05) is 23.7 Å². The topological polar surface area (TPSA) is 36.4 Å². The number of rotatable bonds is 4. The minimum atomic E-state index is 0.757. The van der Waals surface area contributed by atoms with E-state index in [-0.39, 0.29) is 0 Å². The quantitative estimate of drug-likeness (QED) is 0.659. The van der Waals surface area contributed by atoms with E-state index < -0.39 is 0 Å². The zero-order valence-corrected chi connectivity index (χ0v) is 12.7. The van der Waals surface area contributed by atoms with Crippen LogP contribution >= 0.6 is 23.1 Å². The maximum absolute atomic E-state index is 4.27. The van der Waals surface area contributed by atoms with E-state index in [1.165, 1.54) is 29.0 Å². The highest BCUT2D eigenvalue weighted by Gasteiger charge is 2.15. The zero-order valence-electron chi connectivity index (χ0n) is 11.0. The van der Waals surface area contributed by atoms with Crippen LogP contribution in [-0.2, 0) is 6.54 Å². The maximum atomic E-state index is 4.27. The molecule has 2 heterocycles. The molecule has 2 N–H and O–H groups in total. The first-order valence-corrected chi connectivity index (χ1v) is 8.31. The predicted octanol–water partition coefficient (Wildman–Crippen LogP) is 2.62. The molecule has 0 radical (unpaired) electrons. The van der Waals surface area contributed by atoms with E-state index in [1.807, 2.05) is 7.05 Å². The van der Waals surface area contributed by atoms with Gasteiger partial charge in [0.05, 0.1) is 6.54 Å². The van der Waals surface area contributed by atoms with Crippen molar-refractivity contribution in [2.45, 2.75) is 31.6 Å². The molecule has 0 spiro atoms. The lowest BCUT2D eigenvalue weighted by molar-refractivity contribution is 0.727. The summed E-state index contributed by atoms with van der Waals surface area (Å²) in [5.41, 5.74) is 1.36. The molecule has 0 amide bonds. The van der Waals surface area contributed by atoms with E-state index >= 15 is 0 Å². The molecule has 3 nitrogen and oxygen atoms in total. The molecule has 0 bridgehead atoms. The van der Waals surface area contributed by atoms with Gasteiger partial charge in [-0.15, -0.1) is 11.3 Å². The van der Waals surface area contributed by atoms with Crippen molar-refractivity contribution in [3.63, 3.8) is 0 Å². The average Bonchev–Trinajstić information content (AvgIpc) is 3.01. The molecule has 1 aromatic rings. The van der Waals surface area contributed by atoms with Crippen molar-refractivity contribution >= 4 is 29.1 Å². The van der Waals surface area contributed by atoms with Crippen molar-refractivity contribution < 1.29 is 0 Å². The Morgan fingerprint density at radius 1 is 1.50 bits per heavy atom. The van der Waals surface area contributed by atoms with Gasteiger partial charge in [0.15, 0.2) is 5.96 Å². The maximum Gasteiger partial charge on any atom is 0.191 e. The smallest absolute Gasteiger partial charge is 0.191 e. The number of hydrogen-bond acceptors (Lipinski definition) is 3. The van der Waals surface area contributed by atoms with Gasteiger partial charge in [0.1, 0.15) is 0 Å². The normalized spacial score (nSPS) is 20.1. The van der Waals surface area contributed by atoms with Gasteiger partial charge in [-0.2, -0.15) is 11.8 Å². The van der Waals surface area contributed by atoms with Crippen molar-refractivity contribution in [3.05, 3.63) is 21.9 Å². The fraction of sp³-hybridized carbons (Fsp3) is 0.615. The molecule has 1 fully saturated rings. The lowest BCUT2D eigenvalue weighted by Crippen LogP contribution is -2.39. The molecule has 5 heteroatoms. The van der Waals surface area contributed by atoms with Gasteiger partial charge >= 0.3 is 0 Å². The van der Waals surface area contributed by atoms with E-state index in [2.05, 4.69) is 45.8 Å². The van der Waals surface area contributed by atoms with Crippen molar-refractivity contribution in [2.75, 3.05) is 19.3 Å². The molecular formula is C13H21N3S2. The summed E-state index contributed by atoms with van der Waals surface area (Å²) in [6.45, 7) is 4.04. The lowest BCUT2D eigenvalue weighted by Gasteiger charge is -2.14. The number of nitrogens with zero attached hydrogens (tertiary/aromatic N) is 1. The fourth-order valence-electron chi connectivity index (χ4n) is 1.99. The SMILES string of the molecule is CN=C(NCc1sccc1C)NCC1CCCS1. The van der Waals surface area contributed by atoms with Crippen LogP contribution in [0, 0.1) is 6.92 Å². The summed E-state index contributed by atoms with van der Waals surface area (Å²) < 4.78 is 0. The number of nitrogens with one attached hydrogen (secondary N) is 2. The van der Waals surface area contributed by atoms with E-state index in [0.717, 1.165) is 24.3 Å². The molecule has 1 aliphatic rings. The van der Waals surface area contributed by atoms with Gasteiger partial charge < -0.3 is 10.6 Å². The van der Waals surface area contributed by atoms with Crippen LogP contribution in [0.3, 0.4) is 0 Å². The van der Waals surface area contributed by atoms with Crippen LogP contribution in [-0.4, -0.2) is 30.6 Å². The summed E-state index contributed by atoms with van der Waals surface area (Å²) in [6.07, 6.45) is 2.69. The number of thioether (sulfide) groups is 1. The third-order valence-corrected chi connectivity index (χ3v) is 5.55. The lowest BCUT2D eigenvalue weighted by atomic mass is 10.2. The molecule has 0 saturated carbocycles. The molecule has 1 unspecified atom stereocenters. The fourth-order valence-corrected chi connectivity index (χ4v) is 4.03. The molecule has 0 aliphatic carbocycles. The summed E-state index contributed by atoms with van der Waals surface area (Å²) in [4.78, 5) is 5.65. The molecule has 0 aromatic carbocycles. The van der Waals surface area contributed by atoms with Gasteiger partial charge in [-0.3, -0.25) is 4.99 Å². The van der Waals surface area contributed by atoms with Gasteiger partial charge in [0.2, 0.25) is 0 Å². The summed E-state index contributed by atoms with van der Waals surface area (Å²) >= 11 is 3.87. The van der Waals surface area contributed by atoms with E-state index in [0.29, 0.717) is 0 Å². The highest BCUT2D eigenvalue weighted by molar-refractivity contribution is 8.00. The third kappa shape index (κ3) is 3.92. The minimum absolute atomic E-state index is 0.757. The number of aryl methyl sites for hydroxylation is 1.